The average Bonchev–Trinajstić information content (AvgIpc) is 3.32. The number of rotatable bonds is 3. The number of aromatic amines is 1. The standard InChI is InChI=1S/C20H15N3O4S/c24-19-17-12-6-2-4-8-16(12)28-20(17)22-18(21-19)15-10-9-14(27-15)11-5-1-3-7-13(11)23(25)26/h1,3,5,7,9-10H,2,4,6,8H2,(H,21,22,24). The lowest BCUT2D eigenvalue weighted by Crippen LogP contribution is -2.11. The van der Waals surface area contributed by atoms with Crippen molar-refractivity contribution in [2.75, 3.05) is 0 Å². The van der Waals surface area contributed by atoms with E-state index in [1.54, 1.807) is 41.7 Å². The maximum Gasteiger partial charge on any atom is 0.280 e. The number of nitro benzene ring substituents is 1. The van der Waals surface area contributed by atoms with Gasteiger partial charge in [0.15, 0.2) is 11.6 Å². The van der Waals surface area contributed by atoms with Crippen LogP contribution in [0.4, 0.5) is 5.69 Å². The van der Waals surface area contributed by atoms with Gasteiger partial charge in [0.2, 0.25) is 0 Å². The van der Waals surface area contributed by atoms with E-state index in [1.807, 2.05) is 0 Å². The van der Waals surface area contributed by atoms with Gasteiger partial charge in [-0.1, -0.05) is 12.1 Å². The fourth-order valence-electron chi connectivity index (χ4n) is 3.73. The van der Waals surface area contributed by atoms with E-state index in [0.29, 0.717) is 33.1 Å². The van der Waals surface area contributed by atoms with Crippen molar-refractivity contribution in [1.82, 2.24) is 9.97 Å². The number of para-hydroxylation sites is 1. The molecule has 0 saturated carbocycles. The highest BCUT2D eigenvalue weighted by atomic mass is 32.1. The first-order valence-corrected chi connectivity index (χ1v) is 9.82. The summed E-state index contributed by atoms with van der Waals surface area (Å²) in [6, 6.07) is 9.71. The Hall–Kier alpha value is -3.26. The van der Waals surface area contributed by atoms with Crippen LogP contribution in [0.5, 0.6) is 0 Å². The van der Waals surface area contributed by atoms with E-state index < -0.39 is 4.92 Å². The Bertz CT molecular complexity index is 1280. The molecule has 140 valence electrons. The smallest absolute Gasteiger partial charge is 0.280 e. The van der Waals surface area contributed by atoms with Crippen LogP contribution in [0.3, 0.4) is 0 Å². The van der Waals surface area contributed by atoms with Gasteiger partial charge in [0.05, 0.1) is 15.9 Å². The lowest BCUT2D eigenvalue weighted by Gasteiger charge is -2.09. The number of thiophene rings is 1. The Morgan fingerprint density at radius 3 is 2.75 bits per heavy atom. The number of hydrogen-bond acceptors (Lipinski definition) is 6. The summed E-state index contributed by atoms with van der Waals surface area (Å²) in [4.78, 5) is 32.9. The Labute approximate surface area is 162 Å². The van der Waals surface area contributed by atoms with Crippen molar-refractivity contribution in [3.8, 4) is 22.9 Å². The van der Waals surface area contributed by atoms with Gasteiger partial charge in [-0.25, -0.2) is 4.98 Å². The predicted octanol–water partition coefficient (Wildman–Crippen LogP) is 4.70. The van der Waals surface area contributed by atoms with Crippen molar-refractivity contribution in [2.24, 2.45) is 0 Å². The van der Waals surface area contributed by atoms with Crippen molar-refractivity contribution < 1.29 is 9.34 Å². The summed E-state index contributed by atoms with van der Waals surface area (Å²) >= 11 is 1.57. The largest absolute Gasteiger partial charge is 0.453 e. The number of aryl methyl sites for hydroxylation is 2. The molecule has 3 aromatic heterocycles. The first kappa shape index (κ1) is 16.9. The lowest BCUT2D eigenvalue weighted by atomic mass is 9.97. The normalized spacial score (nSPS) is 13.6. The SMILES string of the molecule is O=c1[nH]c(-c2ccc(-c3ccccc3[N+](=O)[O-])o2)nc2sc3c(c12)CCCC3. The molecule has 0 saturated heterocycles. The quantitative estimate of drug-likeness (QED) is 0.401. The van der Waals surface area contributed by atoms with Gasteiger partial charge in [-0.3, -0.25) is 14.9 Å². The molecule has 0 radical (unpaired) electrons. The van der Waals surface area contributed by atoms with Gasteiger partial charge in [0.1, 0.15) is 10.6 Å². The summed E-state index contributed by atoms with van der Waals surface area (Å²) < 4.78 is 5.82. The number of furan rings is 1. The molecule has 0 atom stereocenters. The molecule has 1 N–H and O–H groups in total. The van der Waals surface area contributed by atoms with Crippen LogP contribution in [0.2, 0.25) is 0 Å². The molecule has 0 unspecified atom stereocenters. The van der Waals surface area contributed by atoms with Crippen molar-refractivity contribution in [2.45, 2.75) is 25.7 Å². The summed E-state index contributed by atoms with van der Waals surface area (Å²) in [5.41, 5.74) is 1.31. The van der Waals surface area contributed by atoms with Crippen LogP contribution < -0.4 is 5.56 Å². The van der Waals surface area contributed by atoms with E-state index in [1.165, 1.54) is 10.9 Å². The van der Waals surface area contributed by atoms with Gasteiger partial charge in [-0.05, 0) is 49.4 Å². The van der Waals surface area contributed by atoms with E-state index in [4.69, 9.17) is 4.42 Å². The molecule has 1 aliphatic rings. The fourth-order valence-corrected chi connectivity index (χ4v) is 4.99. The minimum absolute atomic E-state index is 0.0359. The van der Waals surface area contributed by atoms with E-state index >= 15 is 0 Å². The van der Waals surface area contributed by atoms with Gasteiger partial charge < -0.3 is 9.40 Å². The molecule has 28 heavy (non-hydrogen) atoms. The Kier molecular flexibility index (Phi) is 3.87. The van der Waals surface area contributed by atoms with Crippen LogP contribution in [0, 0.1) is 10.1 Å². The Balaban J connectivity index is 1.61. The van der Waals surface area contributed by atoms with Crippen LogP contribution in [0.25, 0.3) is 33.1 Å². The monoisotopic (exact) mass is 393 g/mol. The molecule has 0 amide bonds. The number of H-pyrrole nitrogens is 1. The minimum Gasteiger partial charge on any atom is -0.453 e. The van der Waals surface area contributed by atoms with Crippen LogP contribution in [-0.4, -0.2) is 14.9 Å². The van der Waals surface area contributed by atoms with Crippen LogP contribution >= 0.6 is 11.3 Å². The molecule has 0 spiro atoms. The van der Waals surface area contributed by atoms with E-state index in [0.717, 1.165) is 31.2 Å². The highest BCUT2D eigenvalue weighted by molar-refractivity contribution is 7.18. The number of nitrogens with zero attached hydrogens (tertiary/aromatic N) is 2. The molecule has 1 aromatic carbocycles. The average molecular weight is 393 g/mol. The summed E-state index contributed by atoms with van der Waals surface area (Å²) in [5.74, 6) is 1.06. The lowest BCUT2D eigenvalue weighted by molar-refractivity contribution is -0.384. The summed E-state index contributed by atoms with van der Waals surface area (Å²) in [6.07, 6.45) is 4.15. The number of aromatic nitrogens is 2. The van der Waals surface area contributed by atoms with Gasteiger partial charge in [0.25, 0.3) is 11.2 Å². The van der Waals surface area contributed by atoms with Gasteiger partial charge in [-0.2, -0.15) is 0 Å². The van der Waals surface area contributed by atoms with Gasteiger partial charge in [0, 0.05) is 10.9 Å². The van der Waals surface area contributed by atoms with Gasteiger partial charge in [-0.15, -0.1) is 11.3 Å². The molecule has 7 nitrogen and oxygen atoms in total. The predicted molar refractivity (Wildman–Crippen MR) is 107 cm³/mol. The molecular formula is C20H15N3O4S. The fraction of sp³-hybridized carbons (Fsp3) is 0.200. The van der Waals surface area contributed by atoms with Crippen LogP contribution in [0.1, 0.15) is 23.3 Å². The molecule has 5 rings (SSSR count). The second kappa shape index (κ2) is 6.42. The third kappa shape index (κ3) is 2.65. The molecule has 0 bridgehead atoms. The maximum atomic E-state index is 12.7. The number of fused-ring (bicyclic) bond motifs is 3. The molecule has 0 fully saturated rings. The van der Waals surface area contributed by atoms with Crippen LogP contribution in [0.15, 0.2) is 45.6 Å². The van der Waals surface area contributed by atoms with Crippen molar-refractivity contribution in [3.05, 3.63) is 67.3 Å². The second-order valence-corrected chi connectivity index (χ2v) is 7.83. The number of nitro groups is 1. The third-order valence-corrected chi connectivity index (χ3v) is 6.22. The summed E-state index contributed by atoms with van der Waals surface area (Å²) in [7, 11) is 0. The zero-order valence-electron chi connectivity index (χ0n) is 14.7. The minimum atomic E-state index is -0.445. The van der Waals surface area contributed by atoms with E-state index in [-0.39, 0.29) is 11.2 Å². The highest BCUT2D eigenvalue weighted by Crippen LogP contribution is 2.36. The third-order valence-electron chi connectivity index (χ3n) is 5.03. The zero-order chi connectivity index (χ0) is 19.3. The number of nitrogens with one attached hydrogen (secondary N) is 1. The van der Waals surface area contributed by atoms with Crippen molar-refractivity contribution in [3.63, 3.8) is 0 Å². The topological polar surface area (TPSA) is 102 Å². The molecule has 8 heteroatoms. The van der Waals surface area contributed by atoms with Crippen LogP contribution in [-0.2, 0) is 12.8 Å². The Morgan fingerprint density at radius 1 is 1.11 bits per heavy atom. The molecular weight excluding hydrogens is 378 g/mol. The zero-order valence-corrected chi connectivity index (χ0v) is 15.5. The number of hydrogen-bond donors (Lipinski definition) is 1. The summed E-state index contributed by atoms with van der Waals surface area (Å²) in [5, 5.41) is 12.0. The summed E-state index contributed by atoms with van der Waals surface area (Å²) in [6.45, 7) is 0. The molecule has 4 aromatic rings. The first-order chi connectivity index (χ1) is 13.6. The maximum absolute atomic E-state index is 12.7. The van der Waals surface area contributed by atoms with E-state index in [9.17, 15) is 14.9 Å². The van der Waals surface area contributed by atoms with Crippen molar-refractivity contribution >= 4 is 27.2 Å². The van der Waals surface area contributed by atoms with E-state index in [2.05, 4.69) is 9.97 Å². The molecule has 1 aliphatic carbocycles. The molecule has 0 aliphatic heterocycles. The molecule has 3 heterocycles. The van der Waals surface area contributed by atoms with Gasteiger partial charge >= 0.3 is 0 Å². The number of benzene rings is 1. The Morgan fingerprint density at radius 2 is 1.89 bits per heavy atom. The highest BCUT2D eigenvalue weighted by Gasteiger charge is 2.22. The second-order valence-electron chi connectivity index (χ2n) is 6.74. The van der Waals surface area contributed by atoms with Crippen molar-refractivity contribution in [1.29, 1.82) is 0 Å². The first-order valence-electron chi connectivity index (χ1n) is 9.00.